The minimum atomic E-state index is -0.576. The molecule has 0 heterocycles. The standard InChI is InChI=1S/C24H16O6/c25-18-9-4-16(5-10-18)23(27)29-20-13-8-15-2-1-3-22(21(15)14-20)30-24(28)17-6-11-19(26)12-7-17/h1-14,25-26H. The van der Waals surface area contributed by atoms with E-state index in [4.69, 9.17) is 9.47 Å². The van der Waals surface area contributed by atoms with Gasteiger partial charge in [0.15, 0.2) is 0 Å². The molecule has 4 aromatic rings. The van der Waals surface area contributed by atoms with Crippen molar-refractivity contribution in [1.82, 2.24) is 0 Å². The Labute approximate surface area is 171 Å². The molecular weight excluding hydrogens is 384 g/mol. The van der Waals surface area contributed by atoms with Crippen LogP contribution >= 0.6 is 0 Å². The first-order chi connectivity index (χ1) is 14.5. The van der Waals surface area contributed by atoms with Gasteiger partial charge in [-0.1, -0.05) is 18.2 Å². The highest BCUT2D eigenvalue weighted by molar-refractivity contribution is 5.97. The van der Waals surface area contributed by atoms with Crippen molar-refractivity contribution in [2.75, 3.05) is 0 Å². The molecule has 0 bridgehead atoms. The summed E-state index contributed by atoms with van der Waals surface area (Å²) in [5, 5.41) is 20.1. The van der Waals surface area contributed by atoms with Crippen LogP contribution in [0.5, 0.6) is 23.0 Å². The maximum Gasteiger partial charge on any atom is 0.343 e. The van der Waals surface area contributed by atoms with E-state index < -0.39 is 11.9 Å². The van der Waals surface area contributed by atoms with Crippen LogP contribution in [0.25, 0.3) is 10.8 Å². The molecule has 0 aliphatic carbocycles. The Bertz CT molecular complexity index is 1230. The van der Waals surface area contributed by atoms with Crippen LogP contribution < -0.4 is 9.47 Å². The summed E-state index contributed by atoms with van der Waals surface area (Å²) < 4.78 is 10.9. The predicted molar refractivity (Wildman–Crippen MR) is 110 cm³/mol. The van der Waals surface area contributed by atoms with Crippen molar-refractivity contribution >= 4 is 22.7 Å². The molecule has 0 unspecified atom stereocenters. The second-order valence-corrected chi connectivity index (χ2v) is 6.51. The average Bonchev–Trinajstić information content (AvgIpc) is 2.75. The number of carbonyl (C=O) groups is 2. The molecule has 0 aliphatic rings. The first kappa shape index (κ1) is 19.0. The number of hydrogen-bond acceptors (Lipinski definition) is 6. The molecule has 0 spiro atoms. The fourth-order valence-electron chi connectivity index (χ4n) is 2.90. The number of carbonyl (C=O) groups excluding carboxylic acids is 2. The summed E-state index contributed by atoms with van der Waals surface area (Å²) in [5.74, 6) is -0.446. The SMILES string of the molecule is O=C(Oc1ccc2cccc(OC(=O)c3ccc(O)cc3)c2c1)c1ccc(O)cc1. The van der Waals surface area contributed by atoms with Gasteiger partial charge in [0.1, 0.15) is 23.0 Å². The van der Waals surface area contributed by atoms with Gasteiger partial charge >= 0.3 is 11.9 Å². The van der Waals surface area contributed by atoms with E-state index in [1.807, 2.05) is 6.07 Å². The number of phenols is 2. The largest absolute Gasteiger partial charge is 0.508 e. The third-order valence-electron chi connectivity index (χ3n) is 4.43. The number of hydrogen-bond donors (Lipinski definition) is 2. The molecule has 0 atom stereocenters. The fourth-order valence-corrected chi connectivity index (χ4v) is 2.90. The van der Waals surface area contributed by atoms with Crippen LogP contribution in [0.3, 0.4) is 0 Å². The first-order valence-electron chi connectivity index (χ1n) is 9.05. The molecule has 0 radical (unpaired) electrons. The van der Waals surface area contributed by atoms with Gasteiger partial charge in [0.2, 0.25) is 0 Å². The third-order valence-corrected chi connectivity index (χ3v) is 4.43. The van der Waals surface area contributed by atoms with E-state index in [0.29, 0.717) is 22.3 Å². The van der Waals surface area contributed by atoms with Gasteiger partial charge in [-0.3, -0.25) is 0 Å². The molecule has 0 fully saturated rings. The second kappa shape index (κ2) is 7.97. The van der Waals surface area contributed by atoms with Crippen LogP contribution in [-0.4, -0.2) is 22.2 Å². The van der Waals surface area contributed by atoms with Gasteiger partial charge in [-0.25, -0.2) is 9.59 Å². The van der Waals surface area contributed by atoms with Crippen LogP contribution in [0.15, 0.2) is 84.9 Å². The van der Waals surface area contributed by atoms with E-state index in [-0.39, 0.29) is 17.2 Å². The summed E-state index contributed by atoms with van der Waals surface area (Å²) in [6.45, 7) is 0. The lowest BCUT2D eigenvalue weighted by molar-refractivity contribution is 0.0724. The van der Waals surface area contributed by atoms with Gasteiger partial charge in [0, 0.05) is 5.39 Å². The monoisotopic (exact) mass is 400 g/mol. The molecule has 4 aromatic carbocycles. The minimum Gasteiger partial charge on any atom is -0.508 e. The van der Waals surface area contributed by atoms with Crippen molar-refractivity contribution < 1.29 is 29.3 Å². The molecule has 0 saturated carbocycles. The molecular formula is C24H16O6. The average molecular weight is 400 g/mol. The van der Waals surface area contributed by atoms with Gasteiger partial charge in [-0.05, 0) is 72.1 Å². The van der Waals surface area contributed by atoms with Crippen molar-refractivity contribution in [3.63, 3.8) is 0 Å². The maximum atomic E-state index is 12.4. The van der Waals surface area contributed by atoms with Crippen molar-refractivity contribution in [1.29, 1.82) is 0 Å². The summed E-state index contributed by atoms with van der Waals surface area (Å²) in [7, 11) is 0. The molecule has 6 nitrogen and oxygen atoms in total. The number of ether oxygens (including phenoxy) is 2. The zero-order valence-electron chi connectivity index (χ0n) is 15.6. The Kier molecular flexibility index (Phi) is 5.05. The fraction of sp³-hybridized carbons (Fsp3) is 0. The van der Waals surface area contributed by atoms with Gasteiger partial charge < -0.3 is 19.7 Å². The Morgan fingerprint density at radius 1 is 0.633 bits per heavy atom. The lowest BCUT2D eigenvalue weighted by atomic mass is 10.1. The predicted octanol–water partition coefficient (Wildman–Crippen LogP) is 4.69. The lowest BCUT2D eigenvalue weighted by Crippen LogP contribution is -2.09. The van der Waals surface area contributed by atoms with Crippen LogP contribution in [0.4, 0.5) is 0 Å². The molecule has 148 valence electrons. The third kappa shape index (κ3) is 4.07. The van der Waals surface area contributed by atoms with E-state index >= 15 is 0 Å². The van der Waals surface area contributed by atoms with E-state index in [2.05, 4.69) is 0 Å². The highest BCUT2D eigenvalue weighted by Crippen LogP contribution is 2.30. The molecule has 2 N–H and O–H groups in total. The van der Waals surface area contributed by atoms with E-state index in [1.54, 1.807) is 30.3 Å². The maximum absolute atomic E-state index is 12.4. The summed E-state index contributed by atoms with van der Waals surface area (Å²) in [4.78, 5) is 24.8. The number of fused-ring (bicyclic) bond motifs is 1. The second-order valence-electron chi connectivity index (χ2n) is 6.51. The molecule has 0 aliphatic heterocycles. The summed E-state index contributed by atoms with van der Waals surface area (Å²) in [6, 6.07) is 21.7. The van der Waals surface area contributed by atoms with Gasteiger partial charge in [0.05, 0.1) is 11.1 Å². The zero-order valence-corrected chi connectivity index (χ0v) is 15.6. The van der Waals surface area contributed by atoms with Crippen molar-refractivity contribution in [3.05, 3.63) is 96.1 Å². The Hall–Kier alpha value is -4.32. The normalized spacial score (nSPS) is 10.5. The van der Waals surface area contributed by atoms with Gasteiger partial charge in [0.25, 0.3) is 0 Å². The van der Waals surface area contributed by atoms with E-state index in [1.165, 1.54) is 48.5 Å². The summed E-state index contributed by atoms with van der Waals surface area (Å²) >= 11 is 0. The van der Waals surface area contributed by atoms with Crippen molar-refractivity contribution in [2.45, 2.75) is 0 Å². The lowest BCUT2D eigenvalue weighted by Gasteiger charge is -2.10. The van der Waals surface area contributed by atoms with Gasteiger partial charge in [-0.15, -0.1) is 0 Å². The van der Waals surface area contributed by atoms with Crippen LogP contribution in [0, 0.1) is 0 Å². The number of aromatic hydroxyl groups is 2. The number of phenolic OH excluding ortho intramolecular Hbond substituents is 2. The molecule has 4 rings (SSSR count). The summed E-state index contributed by atoms with van der Waals surface area (Å²) in [6.07, 6.45) is 0. The highest BCUT2D eigenvalue weighted by atomic mass is 16.5. The molecule has 30 heavy (non-hydrogen) atoms. The quantitative estimate of drug-likeness (QED) is 0.381. The van der Waals surface area contributed by atoms with Crippen LogP contribution in [-0.2, 0) is 0 Å². The molecule has 0 saturated heterocycles. The Morgan fingerprint density at radius 2 is 1.20 bits per heavy atom. The highest BCUT2D eigenvalue weighted by Gasteiger charge is 2.13. The van der Waals surface area contributed by atoms with Crippen LogP contribution in [0.2, 0.25) is 0 Å². The number of benzene rings is 4. The molecule has 6 heteroatoms. The van der Waals surface area contributed by atoms with E-state index in [0.717, 1.165) is 5.39 Å². The zero-order chi connectivity index (χ0) is 21.1. The van der Waals surface area contributed by atoms with Crippen molar-refractivity contribution in [3.8, 4) is 23.0 Å². The topological polar surface area (TPSA) is 93.1 Å². The van der Waals surface area contributed by atoms with Crippen molar-refractivity contribution in [2.24, 2.45) is 0 Å². The Morgan fingerprint density at radius 3 is 1.80 bits per heavy atom. The van der Waals surface area contributed by atoms with Crippen LogP contribution in [0.1, 0.15) is 20.7 Å². The Balaban J connectivity index is 1.60. The number of rotatable bonds is 4. The van der Waals surface area contributed by atoms with Gasteiger partial charge in [-0.2, -0.15) is 0 Å². The smallest absolute Gasteiger partial charge is 0.343 e. The minimum absolute atomic E-state index is 0.0526. The van der Waals surface area contributed by atoms with E-state index in [9.17, 15) is 19.8 Å². The summed E-state index contributed by atoms with van der Waals surface area (Å²) in [5.41, 5.74) is 0.583. The molecule has 0 aromatic heterocycles. The first-order valence-corrected chi connectivity index (χ1v) is 9.05. The molecule has 0 amide bonds. The number of esters is 2.